The molecule has 0 bridgehead atoms. The van der Waals surface area contributed by atoms with E-state index in [4.69, 9.17) is 4.98 Å². The Morgan fingerprint density at radius 3 is 2.71 bits per heavy atom. The van der Waals surface area contributed by atoms with Crippen molar-refractivity contribution in [1.82, 2.24) is 9.55 Å². The molecule has 0 aliphatic heterocycles. The molecular weight excluding hydrogens is 316 g/mol. The SMILES string of the molecule is CCc1nc2sc3c(c2c(=O)n1C(C)c1ccccc1)CCCC3. The Morgan fingerprint density at radius 2 is 1.96 bits per heavy atom. The largest absolute Gasteiger partial charge is 0.289 e. The van der Waals surface area contributed by atoms with Gasteiger partial charge >= 0.3 is 0 Å². The highest BCUT2D eigenvalue weighted by atomic mass is 32.1. The third-order valence-corrected chi connectivity index (χ3v) is 6.27. The van der Waals surface area contributed by atoms with E-state index in [1.165, 1.54) is 23.3 Å². The molecule has 0 saturated carbocycles. The van der Waals surface area contributed by atoms with E-state index in [1.807, 2.05) is 22.8 Å². The standard InChI is InChI=1S/C20H22N2OS/c1-3-17-21-19-18(15-11-7-8-12-16(15)24-19)20(23)22(17)13(2)14-9-5-4-6-10-14/h4-6,9-10,13H,3,7-8,11-12H2,1-2H3. The van der Waals surface area contributed by atoms with E-state index in [0.717, 1.165) is 40.9 Å². The van der Waals surface area contributed by atoms with Crippen LogP contribution < -0.4 is 5.56 Å². The molecule has 2 aromatic heterocycles. The minimum absolute atomic E-state index is 0.00434. The van der Waals surface area contributed by atoms with Gasteiger partial charge in [-0.2, -0.15) is 0 Å². The first kappa shape index (κ1) is 15.6. The fourth-order valence-corrected chi connectivity index (χ4v) is 5.06. The van der Waals surface area contributed by atoms with E-state index in [-0.39, 0.29) is 11.6 Å². The summed E-state index contributed by atoms with van der Waals surface area (Å²) in [6.07, 6.45) is 5.31. The maximum absolute atomic E-state index is 13.4. The van der Waals surface area contributed by atoms with Crippen LogP contribution in [0.15, 0.2) is 35.1 Å². The van der Waals surface area contributed by atoms with Crippen molar-refractivity contribution < 1.29 is 0 Å². The van der Waals surface area contributed by atoms with Crippen molar-refractivity contribution in [3.63, 3.8) is 0 Å². The lowest BCUT2D eigenvalue weighted by atomic mass is 9.97. The van der Waals surface area contributed by atoms with Crippen LogP contribution in [0.4, 0.5) is 0 Å². The number of thiophene rings is 1. The molecule has 0 spiro atoms. The Bertz CT molecular complexity index is 940. The topological polar surface area (TPSA) is 34.9 Å². The monoisotopic (exact) mass is 338 g/mol. The van der Waals surface area contributed by atoms with E-state index < -0.39 is 0 Å². The predicted molar refractivity (Wildman–Crippen MR) is 100 cm³/mol. The second kappa shape index (κ2) is 6.17. The molecule has 4 heteroatoms. The molecule has 124 valence electrons. The van der Waals surface area contributed by atoms with Crippen molar-refractivity contribution in [3.05, 3.63) is 62.5 Å². The summed E-state index contributed by atoms with van der Waals surface area (Å²) in [7, 11) is 0. The minimum atomic E-state index is 0.00434. The Kier molecular flexibility index (Phi) is 4.01. The van der Waals surface area contributed by atoms with Crippen molar-refractivity contribution in [3.8, 4) is 0 Å². The van der Waals surface area contributed by atoms with Crippen LogP contribution >= 0.6 is 11.3 Å². The summed E-state index contributed by atoms with van der Waals surface area (Å²) in [4.78, 5) is 20.6. The highest BCUT2D eigenvalue weighted by Crippen LogP contribution is 2.34. The summed E-state index contributed by atoms with van der Waals surface area (Å²) in [5, 5.41) is 0.884. The molecule has 4 rings (SSSR count). The molecule has 1 aliphatic carbocycles. The maximum Gasteiger partial charge on any atom is 0.263 e. The molecule has 24 heavy (non-hydrogen) atoms. The van der Waals surface area contributed by atoms with E-state index in [0.29, 0.717) is 0 Å². The molecule has 0 radical (unpaired) electrons. The van der Waals surface area contributed by atoms with Gasteiger partial charge < -0.3 is 0 Å². The molecule has 3 nitrogen and oxygen atoms in total. The molecule has 2 heterocycles. The first-order valence-corrected chi connectivity index (χ1v) is 9.63. The van der Waals surface area contributed by atoms with Gasteiger partial charge in [-0.25, -0.2) is 4.98 Å². The lowest BCUT2D eigenvalue weighted by Gasteiger charge is -2.19. The van der Waals surface area contributed by atoms with Gasteiger partial charge in [0.05, 0.1) is 11.4 Å². The zero-order chi connectivity index (χ0) is 16.7. The Morgan fingerprint density at radius 1 is 1.21 bits per heavy atom. The number of aromatic nitrogens is 2. The summed E-state index contributed by atoms with van der Waals surface area (Å²) in [5.41, 5.74) is 2.57. The fourth-order valence-electron chi connectivity index (χ4n) is 3.79. The average Bonchev–Trinajstić information content (AvgIpc) is 3.00. The molecule has 0 amide bonds. The molecular formula is C20H22N2OS. The van der Waals surface area contributed by atoms with Crippen LogP contribution in [0.2, 0.25) is 0 Å². The molecule has 1 unspecified atom stereocenters. The first-order valence-electron chi connectivity index (χ1n) is 8.81. The quantitative estimate of drug-likeness (QED) is 0.704. The zero-order valence-corrected chi connectivity index (χ0v) is 15.0. The first-order chi connectivity index (χ1) is 11.7. The molecule has 1 aliphatic rings. The normalized spacial score (nSPS) is 15.4. The van der Waals surface area contributed by atoms with Gasteiger partial charge in [0.1, 0.15) is 10.7 Å². The van der Waals surface area contributed by atoms with E-state index in [9.17, 15) is 4.79 Å². The Balaban J connectivity index is 1.97. The van der Waals surface area contributed by atoms with Gasteiger partial charge in [-0.05, 0) is 43.7 Å². The highest BCUT2D eigenvalue weighted by molar-refractivity contribution is 7.18. The number of rotatable bonds is 3. The minimum Gasteiger partial charge on any atom is -0.289 e. The Hall–Kier alpha value is -1.94. The fraction of sp³-hybridized carbons (Fsp3) is 0.400. The smallest absolute Gasteiger partial charge is 0.263 e. The summed E-state index contributed by atoms with van der Waals surface area (Å²) < 4.78 is 1.92. The van der Waals surface area contributed by atoms with Crippen LogP contribution in [0.1, 0.15) is 54.6 Å². The van der Waals surface area contributed by atoms with E-state index in [1.54, 1.807) is 11.3 Å². The van der Waals surface area contributed by atoms with Crippen molar-refractivity contribution in [2.75, 3.05) is 0 Å². The van der Waals surface area contributed by atoms with Gasteiger partial charge in [0.2, 0.25) is 0 Å². The van der Waals surface area contributed by atoms with Gasteiger partial charge in [-0.3, -0.25) is 9.36 Å². The number of benzene rings is 1. The van der Waals surface area contributed by atoms with Crippen LogP contribution in [0.3, 0.4) is 0 Å². The number of fused-ring (bicyclic) bond motifs is 3. The van der Waals surface area contributed by atoms with E-state index >= 15 is 0 Å². The number of hydrogen-bond acceptors (Lipinski definition) is 3. The van der Waals surface area contributed by atoms with E-state index in [2.05, 4.69) is 26.0 Å². The van der Waals surface area contributed by atoms with Crippen LogP contribution in [0.25, 0.3) is 10.2 Å². The van der Waals surface area contributed by atoms with Gasteiger partial charge in [0.15, 0.2) is 0 Å². The van der Waals surface area contributed by atoms with Crippen molar-refractivity contribution in [2.24, 2.45) is 0 Å². The van der Waals surface area contributed by atoms with Gasteiger partial charge in [0, 0.05) is 11.3 Å². The van der Waals surface area contributed by atoms with Gasteiger partial charge in [-0.15, -0.1) is 11.3 Å². The zero-order valence-electron chi connectivity index (χ0n) is 14.2. The van der Waals surface area contributed by atoms with Gasteiger partial charge in [-0.1, -0.05) is 37.3 Å². The second-order valence-corrected chi connectivity index (χ2v) is 7.62. The summed E-state index contributed by atoms with van der Waals surface area (Å²) in [6, 6.07) is 10.2. The number of aryl methyl sites for hydroxylation is 3. The lowest BCUT2D eigenvalue weighted by molar-refractivity contribution is 0.574. The molecule has 3 aromatic rings. The molecule has 0 N–H and O–H groups in total. The van der Waals surface area contributed by atoms with Crippen LogP contribution in [-0.4, -0.2) is 9.55 Å². The summed E-state index contributed by atoms with van der Waals surface area (Å²) in [5.74, 6) is 0.891. The second-order valence-electron chi connectivity index (χ2n) is 6.53. The molecule has 0 saturated heterocycles. The third kappa shape index (κ3) is 2.40. The Labute approximate surface area is 146 Å². The van der Waals surface area contributed by atoms with Crippen LogP contribution in [-0.2, 0) is 19.3 Å². The summed E-state index contributed by atoms with van der Waals surface area (Å²) >= 11 is 1.74. The van der Waals surface area contributed by atoms with Crippen LogP contribution in [0.5, 0.6) is 0 Å². The van der Waals surface area contributed by atoms with Gasteiger partial charge in [0.25, 0.3) is 5.56 Å². The lowest BCUT2D eigenvalue weighted by Crippen LogP contribution is -2.28. The van der Waals surface area contributed by atoms with Crippen molar-refractivity contribution in [2.45, 2.75) is 52.0 Å². The molecule has 1 aromatic carbocycles. The van der Waals surface area contributed by atoms with Crippen molar-refractivity contribution in [1.29, 1.82) is 0 Å². The molecule has 1 atom stereocenters. The number of hydrogen-bond donors (Lipinski definition) is 0. The maximum atomic E-state index is 13.4. The van der Waals surface area contributed by atoms with Crippen LogP contribution in [0, 0.1) is 0 Å². The summed E-state index contributed by atoms with van der Waals surface area (Å²) in [6.45, 7) is 4.18. The predicted octanol–water partition coefficient (Wildman–Crippen LogP) is 4.51. The van der Waals surface area contributed by atoms with Crippen molar-refractivity contribution >= 4 is 21.6 Å². The average molecular weight is 338 g/mol. The highest BCUT2D eigenvalue weighted by Gasteiger charge is 2.23. The molecule has 0 fully saturated rings. The third-order valence-electron chi connectivity index (χ3n) is 5.08. The number of nitrogens with zero attached hydrogens (tertiary/aromatic N) is 2.